The van der Waals surface area contributed by atoms with Gasteiger partial charge >= 0.3 is 6.09 Å². The lowest BCUT2D eigenvalue weighted by Crippen LogP contribution is -2.35. The Kier molecular flexibility index (Phi) is 5.27. The molecule has 0 radical (unpaired) electrons. The van der Waals surface area contributed by atoms with Crippen LogP contribution in [0.2, 0.25) is 0 Å². The molecule has 2 rings (SSSR count). The van der Waals surface area contributed by atoms with Crippen molar-refractivity contribution in [3.05, 3.63) is 22.4 Å². The molecule has 0 aromatic carbocycles. The van der Waals surface area contributed by atoms with Gasteiger partial charge in [-0.1, -0.05) is 6.07 Å². The number of rotatable bonds is 4. The number of ether oxygens (including phenoxy) is 2. The molecule has 0 spiro atoms. The fourth-order valence-electron chi connectivity index (χ4n) is 2.35. The summed E-state index contributed by atoms with van der Waals surface area (Å²) in [6, 6.07) is 4.14. The molecule has 0 bridgehead atoms. The van der Waals surface area contributed by atoms with Gasteiger partial charge < -0.3 is 14.4 Å². The average molecular weight is 311 g/mol. The predicted molar refractivity (Wildman–Crippen MR) is 84.6 cm³/mol. The maximum atomic E-state index is 12.0. The molecular weight excluding hydrogens is 286 g/mol. The summed E-state index contributed by atoms with van der Waals surface area (Å²) in [6.07, 6.45) is 0.896. The summed E-state index contributed by atoms with van der Waals surface area (Å²) in [7, 11) is 0. The van der Waals surface area contributed by atoms with Crippen molar-refractivity contribution in [3.63, 3.8) is 0 Å². The van der Waals surface area contributed by atoms with E-state index in [4.69, 9.17) is 9.47 Å². The first kappa shape index (κ1) is 16.3. The molecule has 5 heteroatoms. The molecule has 1 amide bonds. The van der Waals surface area contributed by atoms with Crippen molar-refractivity contribution >= 4 is 17.4 Å². The molecular formula is C16H25NO3S. The first-order chi connectivity index (χ1) is 9.85. The summed E-state index contributed by atoms with van der Waals surface area (Å²) in [5, 5.41) is 2.06. The molecule has 118 valence electrons. The van der Waals surface area contributed by atoms with Crippen LogP contribution in [-0.2, 0) is 9.47 Å². The molecule has 2 atom stereocenters. The molecule has 21 heavy (non-hydrogen) atoms. The number of thiophene rings is 1. The van der Waals surface area contributed by atoms with Crippen molar-refractivity contribution in [2.75, 3.05) is 19.7 Å². The van der Waals surface area contributed by atoms with E-state index in [1.165, 1.54) is 4.88 Å². The van der Waals surface area contributed by atoms with E-state index in [0.717, 1.165) is 19.5 Å². The highest BCUT2D eigenvalue weighted by atomic mass is 32.1. The third-order valence-corrected chi connectivity index (χ3v) is 4.50. The number of hydrogen-bond donors (Lipinski definition) is 0. The molecule has 1 aromatic rings. The maximum absolute atomic E-state index is 12.0. The van der Waals surface area contributed by atoms with Gasteiger partial charge in [0.1, 0.15) is 5.60 Å². The monoisotopic (exact) mass is 311 g/mol. The number of nitrogens with zero attached hydrogens (tertiary/aromatic N) is 1. The van der Waals surface area contributed by atoms with Crippen LogP contribution in [0.3, 0.4) is 0 Å². The van der Waals surface area contributed by atoms with E-state index in [1.807, 2.05) is 26.8 Å². The van der Waals surface area contributed by atoms with E-state index in [0.29, 0.717) is 12.5 Å². The zero-order valence-corrected chi connectivity index (χ0v) is 14.1. The van der Waals surface area contributed by atoms with Crippen LogP contribution in [0.1, 0.15) is 45.1 Å². The van der Waals surface area contributed by atoms with Crippen molar-refractivity contribution in [1.29, 1.82) is 0 Å². The van der Waals surface area contributed by atoms with E-state index in [9.17, 15) is 4.79 Å². The highest BCUT2D eigenvalue weighted by molar-refractivity contribution is 7.10. The standard InChI is InChI=1S/C16H25NO3S/c1-12(14-6-5-9-21-14)19-11-13-7-8-17(10-13)15(18)20-16(2,3)4/h5-6,9,12-13H,7-8,10-11H2,1-4H3. The number of carbonyl (C=O) groups excluding carboxylic acids is 1. The quantitative estimate of drug-likeness (QED) is 0.841. The van der Waals surface area contributed by atoms with Crippen LogP contribution in [-0.4, -0.2) is 36.3 Å². The van der Waals surface area contributed by atoms with Crippen molar-refractivity contribution in [1.82, 2.24) is 4.90 Å². The van der Waals surface area contributed by atoms with Crippen LogP contribution in [0.25, 0.3) is 0 Å². The van der Waals surface area contributed by atoms with E-state index < -0.39 is 5.60 Å². The second-order valence-corrected chi connectivity index (χ2v) is 7.55. The topological polar surface area (TPSA) is 38.8 Å². The minimum absolute atomic E-state index is 0.126. The largest absolute Gasteiger partial charge is 0.444 e. The van der Waals surface area contributed by atoms with Crippen LogP contribution < -0.4 is 0 Å². The van der Waals surface area contributed by atoms with Crippen LogP contribution in [0.5, 0.6) is 0 Å². The molecule has 1 aromatic heterocycles. The molecule has 2 heterocycles. The van der Waals surface area contributed by atoms with Crippen LogP contribution in [0.4, 0.5) is 4.79 Å². The Labute approximate surface area is 131 Å². The van der Waals surface area contributed by atoms with Gasteiger partial charge in [0.2, 0.25) is 0 Å². The molecule has 1 saturated heterocycles. The van der Waals surface area contributed by atoms with Gasteiger partial charge in [-0.2, -0.15) is 0 Å². The Balaban J connectivity index is 1.74. The Morgan fingerprint density at radius 2 is 2.29 bits per heavy atom. The highest BCUT2D eigenvalue weighted by Crippen LogP contribution is 2.25. The average Bonchev–Trinajstić information content (AvgIpc) is 3.05. The van der Waals surface area contributed by atoms with E-state index in [2.05, 4.69) is 18.4 Å². The summed E-state index contributed by atoms with van der Waals surface area (Å²) in [6.45, 7) is 9.94. The normalized spacial score (nSPS) is 20.6. The minimum Gasteiger partial charge on any atom is -0.444 e. The van der Waals surface area contributed by atoms with Crippen LogP contribution >= 0.6 is 11.3 Å². The smallest absolute Gasteiger partial charge is 0.410 e. The summed E-state index contributed by atoms with van der Waals surface area (Å²) >= 11 is 1.72. The molecule has 0 N–H and O–H groups in total. The fraction of sp³-hybridized carbons (Fsp3) is 0.688. The molecule has 1 aliphatic rings. The lowest BCUT2D eigenvalue weighted by molar-refractivity contribution is 0.0238. The predicted octanol–water partition coefficient (Wildman–Crippen LogP) is 4.08. The van der Waals surface area contributed by atoms with Crippen LogP contribution in [0, 0.1) is 5.92 Å². The van der Waals surface area contributed by atoms with Gasteiger partial charge in [-0.15, -0.1) is 11.3 Å². The van der Waals surface area contributed by atoms with Gasteiger partial charge in [0.15, 0.2) is 0 Å². The van der Waals surface area contributed by atoms with Crippen molar-refractivity contribution in [3.8, 4) is 0 Å². The Hall–Kier alpha value is -1.07. The Morgan fingerprint density at radius 3 is 2.90 bits per heavy atom. The number of hydrogen-bond acceptors (Lipinski definition) is 4. The second-order valence-electron chi connectivity index (χ2n) is 6.57. The zero-order chi connectivity index (χ0) is 15.5. The second kappa shape index (κ2) is 6.79. The van der Waals surface area contributed by atoms with Gasteiger partial charge in [-0.3, -0.25) is 0 Å². The lowest BCUT2D eigenvalue weighted by Gasteiger charge is -2.24. The number of likely N-dealkylation sites (tertiary alicyclic amines) is 1. The summed E-state index contributed by atoms with van der Waals surface area (Å²) in [5.74, 6) is 0.403. The Morgan fingerprint density at radius 1 is 1.52 bits per heavy atom. The lowest BCUT2D eigenvalue weighted by atomic mass is 10.1. The van der Waals surface area contributed by atoms with Gasteiger partial charge in [0.05, 0.1) is 12.7 Å². The molecule has 0 saturated carbocycles. The molecule has 4 nitrogen and oxygen atoms in total. The molecule has 2 unspecified atom stereocenters. The Bertz CT molecular complexity index is 453. The fourth-order valence-corrected chi connectivity index (χ4v) is 3.08. The van der Waals surface area contributed by atoms with Gasteiger partial charge in [-0.05, 0) is 45.6 Å². The molecule has 1 fully saturated rings. The third-order valence-electron chi connectivity index (χ3n) is 3.46. The van der Waals surface area contributed by atoms with Crippen molar-refractivity contribution < 1.29 is 14.3 Å². The number of amides is 1. The summed E-state index contributed by atoms with van der Waals surface area (Å²) < 4.78 is 11.3. The molecule has 0 aliphatic carbocycles. The highest BCUT2D eigenvalue weighted by Gasteiger charge is 2.30. The van der Waals surface area contributed by atoms with Crippen molar-refractivity contribution in [2.45, 2.75) is 45.8 Å². The first-order valence-electron chi connectivity index (χ1n) is 7.48. The SMILES string of the molecule is CC(OCC1CCN(C(=O)OC(C)(C)C)C1)c1cccs1. The first-order valence-corrected chi connectivity index (χ1v) is 8.36. The third kappa shape index (κ3) is 5.00. The summed E-state index contributed by atoms with van der Waals surface area (Å²) in [5.41, 5.74) is -0.431. The van der Waals surface area contributed by atoms with E-state index in [-0.39, 0.29) is 12.2 Å². The summed E-state index contributed by atoms with van der Waals surface area (Å²) in [4.78, 5) is 15.0. The van der Waals surface area contributed by atoms with E-state index >= 15 is 0 Å². The van der Waals surface area contributed by atoms with Gasteiger partial charge in [-0.25, -0.2) is 4.79 Å². The maximum Gasteiger partial charge on any atom is 0.410 e. The van der Waals surface area contributed by atoms with Crippen molar-refractivity contribution in [2.24, 2.45) is 5.92 Å². The minimum atomic E-state index is -0.431. The zero-order valence-electron chi connectivity index (χ0n) is 13.3. The van der Waals surface area contributed by atoms with Gasteiger partial charge in [0.25, 0.3) is 0 Å². The van der Waals surface area contributed by atoms with Gasteiger partial charge in [0, 0.05) is 23.9 Å². The molecule has 1 aliphatic heterocycles. The van der Waals surface area contributed by atoms with E-state index in [1.54, 1.807) is 16.2 Å². The number of carbonyl (C=O) groups is 1. The van der Waals surface area contributed by atoms with Crippen LogP contribution in [0.15, 0.2) is 17.5 Å².